The number of piperazine rings is 1. The van der Waals surface area contributed by atoms with E-state index in [4.69, 9.17) is 9.47 Å². The molecule has 2 atom stereocenters. The molecule has 3 aromatic carbocycles. The third-order valence-electron chi connectivity index (χ3n) is 6.80. The molecule has 0 aliphatic carbocycles. The van der Waals surface area contributed by atoms with Crippen LogP contribution < -0.4 is 14.8 Å². The number of benzene rings is 3. The van der Waals surface area contributed by atoms with E-state index in [0.29, 0.717) is 25.9 Å². The maximum atomic E-state index is 11.1. The highest BCUT2D eigenvalue weighted by molar-refractivity contribution is 6.07. The number of ether oxygens (including phenoxy) is 2. The van der Waals surface area contributed by atoms with Gasteiger partial charge in [0.1, 0.15) is 0 Å². The highest BCUT2D eigenvalue weighted by atomic mass is 16.7. The van der Waals surface area contributed by atoms with Gasteiger partial charge in [0.2, 0.25) is 6.79 Å². The van der Waals surface area contributed by atoms with Crippen molar-refractivity contribution in [2.45, 2.75) is 25.1 Å². The van der Waals surface area contributed by atoms with E-state index in [0.717, 1.165) is 37.6 Å². The van der Waals surface area contributed by atoms with Crippen molar-refractivity contribution in [3.8, 4) is 11.5 Å². The van der Waals surface area contributed by atoms with Gasteiger partial charge in [-0.05, 0) is 36.2 Å². The predicted octanol–water partition coefficient (Wildman–Crippen LogP) is 3.40. The molecule has 2 N–H and O–H groups in total. The van der Waals surface area contributed by atoms with Crippen LogP contribution in [0.5, 0.6) is 11.5 Å². The third-order valence-corrected chi connectivity index (χ3v) is 6.80. The van der Waals surface area contributed by atoms with E-state index in [-0.39, 0.29) is 0 Å². The number of aromatic nitrogens is 1. The Morgan fingerprint density at radius 3 is 2.42 bits per heavy atom. The zero-order valence-corrected chi connectivity index (χ0v) is 18.6. The summed E-state index contributed by atoms with van der Waals surface area (Å²) < 4.78 is 13.2. The number of hydrogen-bond acceptors (Lipinski definition) is 5. The molecule has 170 valence electrons. The van der Waals surface area contributed by atoms with Crippen LogP contribution in [0.15, 0.2) is 66.7 Å². The van der Waals surface area contributed by atoms with Gasteiger partial charge < -0.3 is 24.5 Å². The summed E-state index contributed by atoms with van der Waals surface area (Å²) in [5.74, 6) is 1.66. The second kappa shape index (κ2) is 8.71. The Balaban J connectivity index is 1.13. The zero-order valence-electron chi connectivity index (χ0n) is 18.6. The number of para-hydroxylation sites is 2. The van der Waals surface area contributed by atoms with E-state index in [1.165, 1.54) is 27.4 Å². The molecule has 4 aromatic rings. The lowest BCUT2D eigenvalue weighted by molar-refractivity contribution is 0.0838. The second-order valence-corrected chi connectivity index (χ2v) is 9.10. The van der Waals surface area contributed by atoms with E-state index in [2.05, 4.69) is 75.4 Å². The van der Waals surface area contributed by atoms with Crippen LogP contribution >= 0.6 is 0 Å². The zero-order chi connectivity index (χ0) is 22.2. The van der Waals surface area contributed by atoms with E-state index in [9.17, 15) is 5.11 Å². The maximum absolute atomic E-state index is 11.1. The number of hydrogen-bond donors (Lipinski definition) is 2. The van der Waals surface area contributed by atoms with Crippen LogP contribution in [0.25, 0.3) is 21.8 Å². The third kappa shape index (κ3) is 4.06. The molecule has 0 spiro atoms. The number of rotatable bonds is 6. The Bertz CT molecular complexity index is 1230. The molecule has 0 saturated carbocycles. The van der Waals surface area contributed by atoms with Crippen molar-refractivity contribution in [1.82, 2.24) is 14.8 Å². The van der Waals surface area contributed by atoms with E-state index < -0.39 is 6.10 Å². The Kier molecular flexibility index (Phi) is 5.42. The van der Waals surface area contributed by atoms with Gasteiger partial charge in [-0.1, -0.05) is 42.5 Å². The normalized spacial score (nSPS) is 19.4. The van der Waals surface area contributed by atoms with Crippen LogP contribution in [0.4, 0.5) is 0 Å². The number of β-amino-alcohol motifs (C(OH)–C–C–N with tert-alkyl or cyclic N) is 1. The molecular weight excluding hydrogens is 414 g/mol. The fourth-order valence-corrected chi connectivity index (χ4v) is 5.32. The van der Waals surface area contributed by atoms with Gasteiger partial charge in [0.25, 0.3) is 0 Å². The SMILES string of the molecule is OC(CN1CCNC(Cc2ccc3c(c2)OCO3)C1)Cn1c2ccccc2c2ccccc21. The average molecular weight is 444 g/mol. The molecule has 3 heterocycles. The molecular formula is C27H29N3O3. The van der Waals surface area contributed by atoms with Gasteiger partial charge >= 0.3 is 0 Å². The van der Waals surface area contributed by atoms with Gasteiger partial charge in [0.15, 0.2) is 11.5 Å². The van der Waals surface area contributed by atoms with Crippen molar-refractivity contribution in [3.05, 3.63) is 72.3 Å². The summed E-state index contributed by atoms with van der Waals surface area (Å²) in [5, 5.41) is 17.2. The number of aliphatic hydroxyl groups excluding tert-OH is 1. The molecule has 0 bridgehead atoms. The lowest BCUT2D eigenvalue weighted by atomic mass is 10.0. The van der Waals surface area contributed by atoms with Crippen LogP contribution in [0.3, 0.4) is 0 Å². The van der Waals surface area contributed by atoms with E-state index >= 15 is 0 Å². The van der Waals surface area contributed by atoms with E-state index in [1.807, 2.05) is 6.07 Å². The summed E-state index contributed by atoms with van der Waals surface area (Å²) in [5.41, 5.74) is 3.60. The second-order valence-electron chi connectivity index (χ2n) is 9.10. The number of aliphatic hydroxyl groups is 1. The van der Waals surface area contributed by atoms with Crippen molar-refractivity contribution in [2.75, 3.05) is 33.0 Å². The molecule has 2 aliphatic rings. The largest absolute Gasteiger partial charge is 0.454 e. The van der Waals surface area contributed by atoms with Gasteiger partial charge in [-0.25, -0.2) is 0 Å². The summed E-state index contributed by atoms with van der Waals surface area (Å²) in [7, 11) is 0. The van der Waals surface area contributed by atoms with E-state index in [1.54, 1.807) is 0 Å². The minimum absolute atomic E-state index is 0.304. The molecule has 0 amide bonds. The van der Waals surface area contributed by atoms with Crippen LogP contribution in [-0.2, 0) is 13.0 Å². The number of nitrogens with zero attached hydrogens (tertiary/aromatic N) is 2. The van der Waals surface area contributed by atoms with Crippen LogP contribution in [0.2, 0.25) is 0 Å². The molecule has 0 radical (unpaired) electrons. The first-order valence-corrected chi connectivity index (χ1v) is 11.7. The summed E-state index contributed by atoms with van der Waals surface area (Å²) in [6.45, 7) is 4.35. The van der Waals surface area contributed by atoms with Crippen molar-refractivity contribution < 1.29 is 14.6 Å². The highest BCUT2D eigenvalue weighted by Gasteiger charge is 2.23. The monoisotopic (exact) mass is 443 g/mol. The minimum Gasteiger partial charge on any atom is -0.454 e. The Morgan fingerprint density at radius 1 is 0.909 bits per heavy atom. The fourth-order valence-electron chi connectivity index (χ4n) is 5.32. The highest BCUT2D eigenvalue weighted by Crippen LogP contribution is 2.33. The van der Waals surface area contributed by atoms with Crippen molar-refractivity contribution in [3.63, 3.8) is 0 Å². The molecule has 2 unspecified atom stereocenters. The van der Waals surface area contributed by atoms with Crippen LogP contribution in [0.1, 0.15) is 5.56 Å². The van der Waals surface area contributed by atoms with Crippen LogP contribution in [-0.4, -0.2) is 59.7 Å². The smallest absolute Gasteiger partial charge is 0.231 e. The van der Waals surface area contributed by atoms with Gasteiger partial charge in [0.05, 0.1) is 12.6 Å². The summed E-state index contributed by atoms with van der Waals surface area (Å²) >= 11 is 0. The molecule has 2 aliphatic heterocycles. The topological polar surface area (TPSA) is 58.9 Å². The molecule has 1 aromatic heterocycles. The molecule has 6 nitrogen and oxygen atoms in total. The van der Waals surface area contributed by atoms with Crippen molar-refractivity contribution >= 4 is 21.8 Å². The molecule has 6 heteroatoms. The predicted molar refractivity (Wildman–Crippen MR) is 130 cm³/mol. The minimum atomic E-state index is -0.437. The van der Waals surface area contributed by atoms with Gasteiger partial charge in [-0.2, -0.15) is 0 Å². The molecule has 1 fully saturated rings. The van der Waals surface area contributed by atoms with Crippen molar-refractivity contribution in [2.24, 2.45) is 0 Å². The first-order valence-electron chi connectivity index (χ1n) is 11.7. The molecule has 6 rings (SSSR count). The Labute approximate surface area is 193 Å². The standard InChI is InChI=1S/C27H29N3O3/c31-21(17-30-24-7-3-1-5-22(24)23-6-2-4-8-25(23)30)16-29-12-11-28-20(15-29)13-19-9-10-26-27(14-19)33-18-32-26/h1-10,14,20-21,28,31H,11-13,15-18H2. The summed E-state index contributed by atoms with van der Waals surface area (Å²) in [6, 6.07) is 23.5. The summed E-state index contributed by atoms with van der Waals surface area (Å²) in [6.07, 6.45) is 0.490. The van der Waals surface area contributed by atoms with Gasteiger partial charge in [-0.15, -0.1) is 0 Å². The van der Waals surface area contributed by atoms with Crippen LogP contribution in [0, 0.1) is 0 Å². The van der Waals surface area contributed by atoms with Gasteiger partial charge in [-0.3, -0.25) is 4.90 Å². The summed E-state index contributed by atoms with van der Waals surface area (Å²) in [4.78, 5) is 2.38. The Hall–Kier alpha value is -3.06. The fraction of sp³-hybridized carbons (Fsp3) is 0.333. The Morgan fingerprint density at radius 2 is 1.64 bits per heavy atom. The quantitative estimate of drug-likeness (QED) is 0.478. The maximum Gasteiger partial charge on any atom is 0.231 e. The molecule has 33 heavy (non-hydrogen) atoms. The lowest BCUT2D eigenvalue weighted by Gasteiger charge is -2.35. The van der Waals surface area contributed by atoms with Crippen molar-refractivity contribution in [1.29, 1.82) is 0 Å². The number of fused-ring (bicyclic) bond motifs is 4. The first-order chi connectivity index (χ1) is 16.2. The molecule has 1 saturated heterocycles. The first kappa shape index (κ1) is 20.5. The average Bonchev–Trinajstić information content (AvgIpc) is 3.42. The van der Waals surface area contributed by atoms with Gasteiger partial charge in [0, 0.05) is 54.0 Å². The lowest BCUT2D eigenvalue weighted by Crippen LogP contribution is -2.53. The number of nitrogens with one attached hydrogen (secondary N) is 1.